The van der Waals surface area contributed by atoms with E-state index in [0.29, 0.717) is 54.2 Å². The third kappa shape index (κ3) is 3.24. The number of para-hydroxylation sites is 2. The molecule has 0 unspecified atom stereocenters. The second-order valence-corrected chi connectivity index (χ2v) is 6.25. The molecule has 4 rings (SSSR count). The number of rotatable bonds is 3. The fourth-order valence-electron chi connectivity index (χ4n) is 3.15. The van der Waals surface area contributed by atoms with Crippen LogP contribution in [0.4, 0.5) is 17.1 Å². The van der Waals surface area contributed by atoms with E-state index >= 15 is 0 Å². The van der Waals surface area contributed by atoms with Crippen molar-refractivity contribution < 1.29 is 13.9 Å². The predicted molar refractivity (Wildman–Crippen MR) is 103 cm³/mol. The first-order valence-corrected chi connectivity index (χ1v) is 8.69. The van der Waals surface area contributed by atoms with Crippen molar-refractivity contribution in [3.05, 3.63) is 64.5 Å². The predicted octanol–water partition coefficient (Wildman–Crippen LogP) is 2.59. The van der Waals surface area contributed by atoms with Gasteiger partial charge in [-0.1, -0.05) is 24.3 Å². The maximum Gasteiger partial charge on any atom is 0.361 e. The molecule has 138 valence electrons. The van der Waals surface area contributed by atoms with E-state index in [-0.39, 0.29) is 11.6 Å². The molecule has 0 bridgehead atoms. The highest BCUT2D eigenvalue weighted by molar-refractivity contribution is 6.03. The van der Waals surface area contributed by atoms with Crippen molar-refractivity contribution in [1.29, 1.82) is 0 Å². The molecule has 0 radical (unpaired) electrons. The summed E-state index contributed by atoms with van der Waals surface area (Å²) >= 11 is 0. The van der Waals surface area contributed by atoms with Gasteiger partial charge in [0.25, 0.3) is 5.91 Å². The maximum atomic E-state index is 12.9. The third-order valence-corrected chi connectivity index (χ3v) is 4.56. The first kappa shape index (κ1) is 17.1. The molecule has 2 aromatic carbocycles. The number of amides is 1. The van der Waals surface area contributed by atoms with Crippen LogP contribution in [-0.4, -0.2) is 37.1 Å². The zero-order valence-electron chi connectivity index (χ0n) is 14.6. The quantitative estimate of drug-likeness (QED) is 0.693. The van der Waals surface area contributed by atoms with Crippen LogP contribution in [0, 0.1) is 0 Å². The molecule has 2 heterocycles. The van der Waals surface area contributed by atoms with E-state index in [1.807, 2.05) is 18.2 Å². The maximum absolute atomic E-state index is 12.9. The standard InChI is InChI=1S/C20H19N3O4/c21-17-18(14-6-2-4-8-16(14)27-20(17)25)22-15-7-3-1-5-13(15)19(24)23-9-11-26-12-10-23/h1-8,22H,9-12,21H2. The largest absolute Gasteiger partial charge is 0.421 e. The minimum Gasteiger partial charge on any atom is -0.421 e. The van der Waals surface area contributed by atoms with Gasteiger partial charge in [0.05, 0.1) is 30.2 Å². The van der Waals surface area contributed by atoms with Gasteiger partial charge in [0, 0.05) is 18.5 Å². The molecule has 0 spiro atoms. The van der Waals surface area contributed by atoms with E-state index in [2.05, 4.69) is 5.32 Å². The lowest BCUT2D eigenvalue weighted by Crippen LogP contribution is -2.40. The normalized spacial score (nSPS) is 14.3. The Balaban J connectivity index is 1.76. The lowest BCUT2D eigenvalue weighted by atomic mass is 10.1. The molecule has 1 aromatic heterocycles. The van der Waals surface area contributed by atoms with Gasteiger partial charge in [0.2, 0.25) is 0 Å². The van der Waals surface area contributed by atoms with E-state index in [1.54, 1.807) is 35.2 Å². The summed E-state index contributed by atoms with van der Waals surface area (Å²) in [5, 5.41) is 3.85. The van der Waals surface area contributed by atoms with Crippen molar-refractivity contribution in [1.82, 2.24) is 4.90 Å². The van der Waals surface area contributed by atoms with Gasteiger partial charge in [-0.15, -0.1) is 0 Å². The number of hydrogen-bond donors (Lipinski definition) is 2. The van der Waals surface area contributed by atoms with Crippen LogP contribution in [0.2, 0.25) is 0 Å². The highest BCUT2D eigenvalue weighted by Crippen LogP contribution is 2.31. The summed E-state index contributed by atoms with van der Waals surface area (Å²) in [5.74, 6) is -0.0905. The average molecular weight is 365 g/mol. The van der Waals surface area contributed by atoms with E-state index in [1.165, 1.54) is 0 Å². The number of carbonyl (C=O) groups excluding carboxylic acids is 1. The summed E-state index contributed by atoms with van der Waals surface area (Å²) in [6.07, 6.45) is 0. The Morgan fingerprint density at radius 3 is 2.56 bits per heavy atom. The molecule has 1 aliphatic rings. The number of ether oxygens (including phenoxy) is 1. The summed E-state index contributed by atoms with van der Waals surface area (Å²) in [7, 11) is 0. The number of benzene rings is 2. The van der Waals surface area contributed by atoms with Crippen LogP contribution >= 0.6 is 0 Å². The molecule has 7 nitrogen and oxygen atoms in total. The smallest absolute Gasteiger partial charge is 0.361 e. The van der Waals surface area contributed by atoms with Crippen molar-refractivity contribution in [2.24, 2.45) is 0 Å². The van der Waals surface area contributed by atoms with Gasteiger partial charge in [0.15, 0.2) is 0 Å². The lowest BCUT2D eigenvalue weighted by Gasteiger charge is -2.27. The highest BCUT2D eigenvalue weighted by Gasteiger charge is 2.22. The summed E-state index contributed by atoms with van der Waals surface area (Å²) in [6, 6.07) is 14.3. The minimum atomic E-state index is -0.617. The van der Waals surface area contributed by atoms with Crippen LogP contribution in [0.25, 0.3) is 11.0 Å². The molecule has 0 aliphatic carbocycles. The monoisotopic (exact) mass is 365 g/mol. The average Bonchev–Trinajstić information content (AvgIpc) is 2.72. The topological polar surface area (TPSA) is 97.8 Å². The molecular weight excluding hydrogens is 346 g/mol. The summed E-state index contributed by atoms with van der Waals surface area (Å²) < 4.78 is 10.6. The van der Waals surface area contributed by atoms with E-state index in [0.717, 1.165) is 0 Å². The number of carbonyl (C=O) groups is 1. The SMILES string of the molecule is Nc1c(Nc2ccccc2C(=O)N2CCOCC2)c2ccccc2oc1=O. The molecule has 3 aromatic rings. The molecule has 0 saturated carbocycles. The Morgan fingerprint density at radius 1 is 1.04 bits per heavy atom. The molecule has 3 N–H and O–H groups in total. The van der Waals surface area contributed by atoms with Gasteiger partial charge >= 0.3 is 5.63 Å². The van der Waals surface area contributed by atoms with Gasteiger partial charge in [-0.25, -0.2) is 4.79 Å². The summed E-state index contributed by atoms with van der Waals surface area (Å²) in [5.41, 5.74) is 7.29. The number of fused-ring (bicyclic) bond motifs is 1. The van der Waals surface area contributed by atoms with Gasteiger partial charge < -0.3 is 25.1 Å². The van der Waals surface area contributed by atoms with Crippen molar-refractivity contribution in [2.45, 2.75) is 0 Å². The van der Waals surface area contributed by atoms with Crippen molar-refractivity contribution in [3.63, 3.8) is 0 Å². The van der Waals surface area contributed by atoms with Crippen molar-refractivity contribution in [2.75, 3.05) is 37.4 Å². The van der Waals surface area contributed by atoms with E-state index in [9.17, 15) is 9.59 Å². The number of nitrogens with zero attached hydrogens (tertiary/aromatic N) is 1. The van der Waals surface area contributed by atoms with Crippen LogP contribution < -0.4 is 16.7 Å². The molecule has 7 heteroatoms. The first-order chi connectivity index (χ1) is 13.1. The fourth-order valence-corrected chi connectivity index (χ4v) is 3.15. The number of nitrogens with one attached hydrogen (secondary N) is 1. The Morgan fingerprint density at radius 2 is 1.74 bits per heavy atom. The number of nitrogen functional groups attached to an aromatic ring is 1. The Bertz CT molecular complexity index is 1050. The molecular formula is C20H19N3O4. The molecule has 1 aliphatic heterocycles. The third-order valence-electron chi connectivity index (χ3n) is 4.56. The van der Waals surface area contributed by atoms with Crippen LogP contribution in [-0.2, 0) is 4.74 Å². The van der Waals surface area contributed by atoms with Crippen LogP contribution in [0.1, 0.15) is 10.4 Å². The van der Waals surface area contributed by atoms with Crippen LogP contribution in [0.5, 0.6) is 0 Å². The Labute approximate surface area is 155 Å². The number of hydrogen-bond acceptors (Lipinski definition) is 6. The van der Waals surface area contributed by atoms with Gasteiger partial charge in [-0.05, 0) is 24.3 Å². The van der Waals surface area contributed by atoms with Gasteiger partial charge in [-0.2, -0.15) is 0 Å². The molecule has 1 saturated heterocycles. The second-order valence-electron chi connectivity index (χ2n) is 6.25. The van der Waals surface area contributed by atoms with E-state index in [4.69, 9.17) is 14.9 Å². The zero-order chi connectivity index (χ0) is 18.8. The van der Waals surface area contributed by atoms with Gasteiger partial charge in [-0.3, -0.25) is 4.79 Å². The Kier molecular flexibility index (Phi) is 4.52. The van der Waals surface area contributed by atoms with Crippen LogP contribution in [0.15, 0.2) is 57.7 Å². The van der Waals surface area contributed by atoms with Gasteiger partial charge in [0.1, 0.15) is 11.3 Å². The molecule has 1 fully saturated rings. The fraction of sp³-hybridized carbons (Fsp3) is 0.200. The number of nitrogens with two attached hydrogens (primary N) is 1. The molecule has 1 amide bonds. The molecule has 27 heavy (non-hydrogen) atoms. The number of anilines is 3. The van der Waals surface area contributed by atoms with Crippen molar-refractivity contribution >= 4 is 33.9 Å². The Hall–Kier alpha value is -3.32. The van der Waals surface area contributed by atoms with Crippen LogP contribution in [0.3, 0.4) is 0 Å². The lowest BCUT2D eigenvalue weighted by molar-refractivity contribution is 0.0303. The summed E-state index contributed by atoms with van der Waals surface area (Å²) in [6.45, 7) is 2.15. The minimum absolute atomic E-state index is 0.0256. The molecule has 0 atom stereocenters. The number of morpholine rings is 1. The first-order valence-electron chi connectivity index (χ1n) is 8.69. The van der Waals surface area contributed by atoms with Crippen molar-refractivity contribution in [3.8, 4) is 0 Å². The summed E-state index contributed by atoms with van der Waals surface area (Å²) in [4.78, 5) is 26.8. The highest BCUT2D eigenvalue weighted by atomic mass is 16.5. The second kappa shape index (κ2) is 7.13. The van der Waals surface area contributed by atoms with E-state index < -0.39 is 5.63 Å². The zero-order valence-corrected chi connectivity index (χ0v) is 14.6.